The van der Waals surface area contributed by atoms with E-state index in [1.54, 1.807) is 18.2 Å². The Bertz CT molecular complexity index is 1060. The summed E-state index contributed by atoms with van der Waals surface area (Å²) in [4.78, 5) is 12.6. The lowest BCUT2D eigenvalue weighted by molar-refractivity contribution is 0.0951. The molecule has 0 aliphatic heterocycles. The molecule has 4 rings (SSSR count). The number of nitrogens with two attached hydrogens (primary N) is 1. The number of benzene rings is 1. The number of aromatic nitrogens is 2. The van der Waals surface area contributed by atoms with Gasteiger partial charge in [0, 0.05) is 11.6 Å². The number of hydrogen-bond acceptors (Lipinski definition) is 4. The second kappa shape index (κ2) is 5.37. The lowest BCUT2D eigenvalue weighted by atomic mass is 9.98. The van der Waals surface area contributed by atoms with E-state index < -0.39 is 10.0 Å². The van der Waals surface area contributed by atoms with Gasteiger partial charge in [0.1, 0.15) is 0 Å². The first-order valence-corrected chi connectivity index (χ1v) is 10.1. The molecule has 136 valence electrons. The zero-order chi connectivity index (χ0) is 18.9. The summed E-state index contributed by atoms with van der Waals surface area (Å²) in [6.07, 6.45) is 3.89. The molecule has 1 heterocycles. The van der Waals surface area contributed by atoms with Crippen LogP contribution in [0.3, 0.4) is 0 Å². The van der Waals surface area contributed by atoms with E-state index in [-0.39, 0.29) is 10.8 Å². The molecule has 0 amide bonds. The molecular weight excluding hydrogens is 350 g/mol. The molecule has 1 aromatic carbocycles. The molecule has 0 bridgehead atoms. The quantitative estimate of drug-likeness (QED) is 0.839. The van der Waals surface area contributed by atoms with Gasteiger partial charge in [0.15, 0.2) is 0 Å². The van der Waals surface area contributed by atoms with E-state index in [1.165, 1.54) is 28.5 Å². The number of nitrogens with zero attached hydrogens (tertiary/aromatic N) is 2. The summed E-state index contributed by atoms with van der Waals surface area (Å²) in [6.45, 7) is 6.49. The van der Waals surface area contributed by atoms with Gasteiger partial charge in [-0.15, -0.1) is 0 Å². The molecular formula is C19H21N3O3S. The molecule has 7 heteroatoms. The highest BCUT2D eigenvalue weighted by Crippen LogP contribution is 2.70. The van der Waals surface area contributed by atoms with Crippen LogP contribution in [0, 0.1) is 18.3 Å². The summed E-state index contributed by atoms with van der Waals surface area (Å²) in [5, 5.41) is 9.59. The number of fused-ring (bicyclic) bond motifs is 3. The minimum Gasteiger partial charge on any atom is -0.267 e. The minimum atomic E-state index is -3.77. The predicted molar refractivity (Wildman–Crippen MR) is 98.2 cm³/mol. The van der Waals surface area contributed by atoms with Gasteiger partial charge in [-0.25, -0.2) is 18.2 Å². The number of aryl methyl sites for hydroxylation is 1. The van der Waals surface area contributed by atoms with E-state index in [9.17, 15) is 13.2 Å². The molecule has 2 aliphatic carbocycles. The first-order valence-electron chi connectivity index (χ1n) is 8.54. The molecule has 2 atom stereocenters. The molecule has 0 unspecified atom stereocenters. The third kappa shape index (κ3) is 2.54. The van der Waals surface area contributed by atoms with Gasteiger partial charge in [-0.3, -0.25) is 4.79 Å². The van der Waals surface area contributed by atoms with Crippen molar-refractivity contribution in [3.63, 3.8) is 0 Å². The van der Waals surface area contributed by atoms with Crippen LogP contribution in [0.1, 0.15) is 47.1 Å². The van der Waals surface area contributed by atoms with Gasteiger partial charge in [-0.1, -0.05) is 26.0 Å². The van der Waals surface area contributed by atoms with Gasteiger partial charge in [0.2, 0.25) is 10.0 Å². The van der Waals surface area contributed by atoms with E-state index in [4.69, 9.17) is 5.14 Å². The van der Waals surface area contributed by atoms with Crippen LogP contribution >= 0.6 is 0 Å². The van der Waals surface area contributed by atoms with E-state index in [2.05, 4.69) is 18.9 Å². The Labute approximate surface area is 152 Å². The fraction of sp³-hybridized carbons (Fsp3) is 0.368. The molecule has 26 heavy (non-hydrogen) atoms. The Kier molecular flexibility index (Phi) is 3.55. The van der Waals surface area contributed by atoms with Gasteiger partial charge < -0.3 is 0 Å². The standard InChI is InChI=1S/C19H21N3O3S/c1-11-17-15(10-14-18(17)19(14,2)3)22(21-11)16(23)8-7-12-5-4-6-13(9-12)26(20,24)25/h4-9,14,18H,10H2,1-3H3,(H2,20,24,25)/b8-7+/t14-,18-/m1/s1. The highest BCUT2D eigenvalue weighted by molar-refractivity contribution is 7.89. The number of allylic oxidation sites excluding steroid dienone is 1. The van der Waals surface area contributed by atoms with E-state index >= 15 is 0 Å². The number of carbonyl (C=O) groups excluding carboxylic acids is 1. The van der Waals surface area contributed by atoms with Gasteiger partial charge in [-0.05, 0) is 54.4 Å². The zero-order valence-electron chi connectivity index (χ0n) is 14.9. The molecule has 1 saturated carbocycles. The van der Waals surface area contributed by atoms with Crippen molar-refractivity contribution in [3.05, 3.63) is 52.9 Å². The van der Waals surface area contributed by atoms with Crippen molar-refractivity contribution in [1.82, 2.24) is 9.78 Å². The SMILES string of the molecule is Cc1nn(C(=O)/C=C/c2cccc(S(N)(=O)=O)c2)c2c1[C@H]1[C@@H](C2)C1(C)C. The highest BCUT2D eigenvalue weighted by atomic mass is 32.2. The van der Waals surface area contributed by atoms with Crippen molar-refractivity contribution in [1.29, 1.82) is 0 Å². The third-order valence-electron chi connectivity index (χ3n) is 5.79. The first-order chi connectivity index (χ1) is 12.1. The van der Waals surface area contributed by atoms with Crippen molar-refractivity contribution >= 4 is 22.0 Å². The maximum atomic E-state index is 12.6. The molecule has 0 radical (unpaired) electrons. The summed E-state index contributed by atoms with van der Waals surface area (Å²) in [5.74, 6) is 0.882. The summed E-state index contributed by atoms with van der Waals surface area (Å²) >= 11 is 0. The Balaban J connectivity index is 1.60. The highest BCUT2D eigenvalue weighted by Gasteiger charge is 2.63. The average Bonchev–Trinajstić information content (AvgIpc) is 2.92. The average molecular weight is 371 g/mol. The summed E-state index contributed by atoms with van der Waals surface area (Å²) < 4.78 is 24.4. The minimum absolute atomic E-state index is 0.0187. The Morgan fingerprint density at radius 3 is 2.81 bits per heavy atom. The van der Waals surface area contributed by atoms with Crippen molar-refractivity contribution in [2.45, 2.75) is 38.0 Å². The number of hydrogen-bond donors (Lipinski definition) is 1. The molecule has 2 aliphatic rings. The van der Waals surface area contributed by atoms with Crippen LogP contribution in [0.2, 0.25) is 0 Å². The summed E-state index contributed by atoms with van der Waals surface area (Å²) in [5.41, 5.74) is 4.08. The number of primary sulfonamides is 1. The van der Waals surface area contributed by atoms with E-state index in [0.717, 1.165) is 17.8 Å². The number of sulfonamides is 1. The maximum absolute atomic E-state index is 12.6. The van der Waals surface area contributed by atoms with E-state index in [1.807, 2.05) is 6.92 Å². The van der Waals surface area contributed by atoms with Gasteiger partial charge in [0.05, 0.1) is 16.3 Å². The molecule has 6 nitrogen and oxygen atoms in total. The van der Waals surface area contributed by atoms with Crippen molar-refractivity contribution < 1.29 is 13.2 Å². The van der Waals surface area contributed by atoms with Crippen LogP contribution in [0.4, 0.5) is 0 Å². The lowest BCUT2D eigenvalue weighted by Gasteiger charge is -2.09. The Morgan fingerprint density at radius 1 is 1.38 bits per heavy atom. The molecule has 2 N–H and O–H groups in total. The van der Waals surface area contributed by atoms with E-state index in [0.29, 0.717) is 22.8 Å². The predicted octanol–water partition coefficient (Wildman–Crippen LogP) is 2.49. The van der Waals surface area contributed by atoms with Crippen LogP contribution in [-0.4, -0.2) is 24.1 Å². The first kappa shape index (κ1) is 17.2. The second-order valence-corrected chi connectivity index (χ2v) is 9.32. The van der Waals surface area contributed by atoms with Crippen LogP contribution < -0.4 is 5.14 Å². The normalized spacial score (nSPS) is 23.1. The molecule has 1 fully saturated rings. The van der Waals surface area contributed by atoms with Gasteiger partial charge >= 0.3 is 0 Å². The fourth-order valence-electron chi connectivity index (χ4n) is 4.31. The molecule has 2 aromatic rings. The topological polar surface area (TPSA) is 95.0 Å². The monoisotopic (exact) mass is 371 g/mol. The number of carbonyl (C=O) groups is 1. The Hall–Kier alpha value is -2.25. The third-order valence-corrected chi connectivity index (χ3v) is 6.71. The fourth-order valence-corrected chi connectivity index (χ4v) is 4.88. The molecule has 1 aromatic heterocycles. The smallest absolute Gasteiger partial charge is 0.267 e. The van der Waals surface area contributed by atoms with Crippen LogP contribution in [0.5, 0.6) is 0 Å². The lowest BCUT2D eigenvalue weighted by Crippen LogP contribution is -2.14. The Morgan fingerprint density at radius 2 is 2.12 bits per heavy atom. The van der Waals surface area contributed by atoms with Crippen molar-refractivity contribution in [3.8, 4) is 0 Å². The second-order valence-electron chi connectivity index (χ2n) is 7.76. The van der Waals surface area contributed by atoms with Gasteiger partial charge in [0.25, 0.3) is 5.91 Å². The molecule has 0 spiro atoms. The zero-order valence-corrected chi connectivity index (χ0v) is 15.7. The van der Waals surface area contributed by atoms with Crippen LogP contribution in [0.15, 0.2) is 35.2 Å². The largest absolute Gasteiger partial charge is 0.271 e. The summed E-state index contributed by atoms with van der Waals surface area (Å²) in [7, 11) is -3.77. The van der Waals surface area contributed by atoms with Gasteiger partial charge in [-0.2, -0.15) is 5.10 Å². The van der Waals surface area contributed by atoms with Crippen molar-refractivity contribution in [2.24, 2.45) is 16.5 Å². The maximum Gasteiger partial charge on any atom is 0.271 e. The van der Waals surface area contributed by atoms with Crippen LogP contribution in [-0.2, 0) is 16.4 Å². The van der Waals surface area contributed by atoms with Crippen molar-refractivity contribution in [2.75, 3.05) is 0 Å². The molecule has 0 saturated heterocycles. The number of rotatable bonds is 3. The summed E-state index contributed by atoms with van der Waals surface area (Å²) in [6, 6.07) is 6.17. The van der Waals surface area contributed by atoms with Crippen LogP contribution in [0.25, 0.3) is 6.08 Å².